The Balaban J connectivity index is 1.39. The highest BCUT2D eigenvalue weighted by molar-refractivity contribution is 5.94. The number of rotatable bonds is 3. The molecule has 0 unspecified atom stereocenters. The molecule has 2 heterocycles. The van der Waals surface area contributed by atoms with E-state index >= 15 is 0 Å². The fourth-order valence-electron chi connectivity index (χ4n) is 3.40. The highest BCUT2D eigenvalue weighted by Crippen LogP contribution is 2.11. The molecule has 0 saturated carbocycles. The molecule has 1 saturated heterocycles. The number of benzene rings is 2. The maximum atomic E-state index is 13.0. The van der Waals surface area contributed by atoms with Crippen LogP contribution in [0.4, 0.5) is 4.39 Å². The van der Waals surface area contributed by atoms with Gasteiger partial charge in [-0.3, -0.25) is 19.0 Å². The van der Waals surface area contributed by atoms with Crippen molar-refractivity contribution in [2.75, 3.05) is 26.2 Å². The number of nitrogens with zero attached hydrogens (tertiary/aromatic N) is 4. The molecule has 0 N–H and O–H groups in total. The van der Waals surface area contributed by atoms with Crippen molar-refractivity contribution in [2.24, 2.45) is 0 Å². The topological polar surface area (TPSA) is 75.5 Å². The van der Waals surface area contributed by atoms with E-state index in [1.165, 1.54) is 35.2 Å². The van der Waals surface area contributed by atoms with Crippen LogP contribution >= 0.6 is 0 Å². The van der Waals surface area contributed by atoms with Gasteiger partial charge in [0, 0.05) is 31.7 Å². The fraction of sp³-hybridized carbons (Fsp3) is 0.238. The molecule has 0 aliphatic carbocycles. The van der Waals surface area contributed by atoms with E-state index in [1.807, 2.05) is 0 Å². The molecule has 0 atom stereocenters. The van der Waals surface area contributed by atoms with E-state index in [4.69, 9.17) is 0 Å². The molecule has 0 radical (unpaired) electrons. The van der Waals surface area contributed by atoms with E-state index in [0.29, 0.717) is 42.6 Å². The summed E-state index contributed by atoms with van der Waals surface area (Å²) in [6.45, 7) is 1.42. The van der Waals surface area contributed by atoms with Crippen LogP contribution in [0.2, 0.25) is 0 Å². The SMILES string of the molecule is O=C(Cn1cnc2ccccc2c1=O)N1CCN(C(=O)c2ccc(F)cc2)CC1. The average Bonchev–Trinajstić information content (AvgIpc) is 2.76. The van der Waals surface area contributed by atoms with Gasteiger partial charge >= 0.3 is 0 Å². The Morgan fingerprint density at radius 2 is 1.59 bits per heavy atom. The number of carbonyl (C=O) groups is 2. The molecular weight excluding hydrogens is 375 g/mol. The van der Waals surface area contributed by atoms with Gasteiger partial charge < -0.3 is 9.80 Å². The van der Waals surface area contributed by atoms with Crippen molar-refractivity contribution >= 4 is 22.7 Å². The fourth-order valence-corrected chi connectivity index (χ4v) is 3.40. The number of carbonyl (C=O) groups excluding carboxylic acids is 2. The smallest absolute Gasteiger partial charge is 0.261 e. The van der Waals surface area contributed by atoms with Crippen LogP contribution in [0, 0.1) is 5.82 Å². The average molecular weight is 394 g/mol. The zero-order chi connectivity index (χ0) is 20.4. The van der Waals surface area contributed by atoms with Crippen LogP contribution in [0.25, 0.3) is 10.9 Å². The van der Waals surface area contributed by atoms with Crippen LogP contribution in [0.15, 0.2) is 59.7 Å². The summed E-state index contributed by atoms with van der Waals surface area (Å²) in [5, 5.41) is 0.470. The predicted molar refractivity (Wildman–Crippen MR) is 105 cm³/mol. The molecule has 0 bridgehead atoms. The first-order valence-electron chi connectivity index (χ1n) is 9.30. The number of para-hydroxylation sites is 1. The second-order valence-corrected chi connectivity index (χ2v) is 6.87. The summed E-state index contributed by atoms with van der Waals surface area (Å²) in [7, 11) is 0. The first-order valence-corrected chi connectivity index (χ1v) is 9.30. The second-order valence-electron chi connectivity index (χ2n) is 6.87. The highest BCUT2D eigenvalue weighted by Gasteiger charge is 2.25. The van der Waals surface area contributed by atoms with Gasteiger partial charge in [0.15, 0.2) is 0 Å². The summed E-state index contributed by atoms with van der Waals surface area (Å²) >= 11 is 0. The highest BCUT2D eigenvalue weighted by atomic mass is 19.1. The molecule has 29 heavy (non-hydrogen) atoms. The van der Waals surface area contributed by atoms with E-state index in [1.54, 1.807) is 34.1 Å². The monoisotopic (exact) mass is 394 g/mol. The van der Waals surface area contributed by atoms with Crippen LogP contribution in [0.5, 0.6) is 0 Å². The summed E-state index contributed by atoms with van der Waals surface area (Å²) in [5.74, 6) is -0.777. The van der Waals surface area contributed by atoms with Crippen LogP contribution in [0.1, 0.15) is 10.4 Å². The molecular formula is C21H19FN4O3. The second kappa shape index (κ2) is 7.83. The van der Waals surface area contributed by atoms with Crippen LogP contribution < -0.4 is 5.56 Å². The van der Waals surface area contributed by atoms with Crippen molar-refractivity contribution in [3.05, 3.63) is 76.6 Å². The normalized spacial score (nSPS) is 14.2. The lowest BCUT2D eigenvalue weighted by molar-refractivity contribution is -0.133. The Hall–Kier alpha value is -3.55. The number of aromatic nitrogens is 2. The predicted octanol–water partition coefficient (Wildman–Crippen LogP) is 1.52. The maximum absolute atomic E-state index is 13.0. The zero-order valence-corrected chi connectivity index (χ0v) is 15.6. The summed E-state index contributed by atoms with van der Waals surface area (Å²) < 4.78 is 14.3. The Labute approximate surface area is 166 Å². The molecule has 1 aromatic heterocycles. The number of hydrogen-bond acceptors (Lipinski definition) is 4. The minimum Gasteiger partial charge on any atom is -0.338 e. The van der Waals surface area contributed by atoms with Gasteiger partial charge in [-0.25, -0.2) is 9.37 Å². The third kappa shape index (κ3) is 3.87. The van der Waals surface area contributed by atoms with Crippen molar-refractivity contribution in [1.82, 2.24) is 19.4 Å². The quantitative estimate of drug-likeness (QED) is 0.675. The van der Waals surface area contributed by atoms with Crippen molar-refractivity contribution in [2.45, 2.75) is 6.54 Å². The Bertz CT molecular complexity index is 1120. The summed E-state index contributed by atoms with van der Waals surface area (Å²) in [6.07, 6.45) is 1.39. The van der Waals surface area contributed by atoms with Crippen molar-refractivity contribution in [3.8, 4) is 0 Å². The van der Waals surface area contributed by atoms with Gasteiger partial charge in [0.2, 0.25) is 5.91 Å². The van der Waals surface area contributed by atoms with Gasteiger partial charge in [-0.15, -0.1) is 0 Å². The van der Waals surface area contributed by atoms with Gasteiger partial charge in [-0.2, -0.15) is 0 Å². The van der Waals surface area contributed by atoms with E-state index in [0.717, 1.165) is 0 Å². The Morgan fingerprint density at radius 1 is 0.931 bits per heavy atom. The van der Waals surface area contributed by atoms with Crippen LogP contribution in [-0.2, 0) is 11.3 Å². The van der Waals surface area contributed by atoms with Gasteiger partial charge in [0.25, 0.3) is 11.5 Å². The molecule has 1 aliphatic rings. The minimum atomic E-state index is -0.393. The maximum Gasteiger partial charge on any atom is 0.261 e. The minimum absolute atomic E-state index is 0.0947. The molecule has 1 fully saturated rings. The molecule has 4 rings (SSSR count). The first-order chi connectivity index (χ1) is 14.0. The number of halogens is 1. The molecule has 8 heteroatoms. The summed E-state index contributed by atoms with van der Waals surface area (Å²) in [5.41, 5.74) is 0.753. The van der Waals surface area contributed by atoms with Crippen LogP contribution in [0.3, 0.4) is 0 Å². The standard InChI is InChI=1S/C21H19FN4O3/c22-16-7-5-15(6-8-16)20(28)25-11-9-24(10-12-25)19(27)13-26-14-23-18-4-2-1-3-17(18)21(26)29/h1-8,14H,9-13H2. The number of hydrogen-bond donors (Lipinski definition) is 0. The number of fused-ring (bicyclic) bond motifs is 1. The van der Waals surface area contributed by atoms with Crippen LogP contribution in [-0.4, -0.2) is 57.3 Å². The molecule has 2 amide bonds. The van der Waals surface area contributed by atoms with E-state index in [2.05, 4.69) is 4.98 Å². The van der Waals surface area contributed by atoms with Crippen molar-refractivity contribution in [3.63, 3.8) is 0 Å². The van der Waals surface area contributed by atoms with Crippen molar-refractivity contribution < 1.29 is 14.0 Å². The van der Waals surface area contributed by atoms with Gasteiger partial charge in [-0.05, 0) is 36.4 Å². The lowest BCUT2D eigenvalue weighted by atomic mass is 10.1. The van der Waals surface area contributed by atoms with E-state index < -0.39 is 5.82 Å². The van der Waals surface area contributed by atoms with E-state index in [9.17, 15) is 18.8 Å². The largest absolute Gasteiger partial charge is 0.338 e. The Morgan fingerprint density at radius 3 is 2.31 bits per heavy atom. The first kappa shape index (κ1) is 18.8. The molecule has 3 aromatic rings. The number of amides is 2. The summed E-state index contributed by atoms with van der Waals surface area (Å²) in [6, 6.07) is 12.4. The van der Waals surface area contributed by atoms with Gasteiger partial charge in [-0.1, -0.05) is 12.1 Å². The van der Waals surface area contributed by atoms with Gasteiger partial charge in [0.1, 0.15) is 12.4 Å². The lowest BCUT2D eigenvalue weighted by Gasteiger charge is -2.35. The lowest BCUT2D eigenvalue weighted by Crippen LogP contribution is -2.51. The molecule has 0 spiro atoms. The third-order valence-corrected chi connectivity index (χ3v) is 5.05. The van der Waals surface area contributed by atoms with E-state index in [-0.39, 0.29) is 23.9 Å². The van der Waals surface area contributed by atoms with Gasteiger partial charge in [0.05, 0.1) is 17.2 Å². The zero-order valence-electron chi connectivity index (χ0n) is 15.6. The molecule has 148 valence electrons. The molecule has 2 aromatic carbocycles. The van der Waals surface area contributed by atoms with Crippen molar-refractivity contribution in [1.29, 1.82) is 0 Å². The third-order valence-electron chi connectivity index (χ3n) is 5.05. The Kier molecular flexibility index (Phi) is 5.07. The summed E-state index contributed by atoms with van der Waals surface area (Å²) in [4.78, 5) is 45.2. The molecule has 1 aliphatic heterocycles. The molecule has 7 nitrogen and oxygen atoms in total. The number of piperazine rings is 1.